The molecule has 118 valence electrons. The molecule has 1 aliphatic rings. The zero-order chi connectivity index (χ0) is 16.9. The van der Waals surface area contributed by atoms with E-state index < -0.39 is 17.2 Å². The number of carbonyl (C=O) groups is 2. The topological polar surface area (TPSA) is 97.0 Å². The lowest BCUT2D eigenvalue weighted by Gasteiger charge is -2.34. The maximum absolute atomic E-state index is 12.0. The number of nitrogens with zero attached hydrogens (tertiary/aromatic N) is 3. The number of carbonyl (C=O) groups excluding carboxylic acids is 2. The number of hydrogen-bond acceptors (Lipinski definition) is 5. The third kappa shape index (κ3) is 3.42. The van der Waals surface area contributed by atoms with Crippen LogP contribution in [-0.2, 0) is 9.59 Å². The Hall–Kier alpha value is -1.99. The molecule has 1 N–H and O–H groups in total. The first kappa shape index (κ1) is 18.1. The lowest BCUT2D eigenvalue weighted by molar-refractivity contribution is -0.128. The summed E-state index contributed by atoms with van der Waals surface area (Å²) < 4.78 is 0. The van der Waals surface area contributed by atoms with E-state index in [0.29, 0.717) is 23.7 Å². The van der Waals surface area contributed by atoms with Crippen molar-refractivity contribution in [3.8, 4) is 12.1 Å². The van der Waals surface area contributed by atoms with E-state index in [2.05, 4.69) is 11.4 Å². The van der Waals surface area contributed by atoms with Gasteiger partial charge in [0.25, 0.3) is 0 Å². The van der Waals surface area contributed by atoms with Crippen LogP contribution < -0.4 is 5.32 Å². The van der Waals surface area contributed by atoms with Gasteiger partial charge in [-0.15, -0.1) is 0 Å². The second kappa shape index (κ2) is 7.33. The molecule has 1 heterocycles. The molecular formula is C15H20N4O2S. The van der Waals surface area contributed by atoms with Crippen LogP contribution in [0.15, 0.2) is 10.6 Å². The Labute approximate surface area is 135 Å². The zero-order valence-corrected chi connectivity index (χ0v) is 14.1. The van der Waals surface area contributed by atoms with E-state index in [1.807, 2.05) is 19.9 Å². The highest BCUT2D eigenvalue weighted by molar-refractivity contribution is 8.03. The Morgan fingerprint density at radius 3 is 2.41 bits per heavy atom. The first-order valence-electron chi connectivity index (χ1n) is 7.09. The molecule has 0 bridgehead atoms. The summed E-state index contributed by atoms with van der Waals surface area (Å²) in [6.45, 7) is 8.43. The highest BCUT2D eigenvalue weighted by Crippen LogP contribution is 2.41. The smallest absolute Gasteiger partial charge is 0.243 e. The summed E-state index contributed by atoms with van der Waals surface area (Å²) in [5, 5.41) is 21.5. The van der Waals surface area contributed by atoms with Crippen molar-refractivity contribution in [1.29, 1.82) is 10.5 Å². The van der Waals surface area contributed by atoms with Crippen molar-refractivity contribution in [2.75, 3.05) is 18.8 Å². The second-order valence-corrected chi connectivity index (χ2v) is 6.43. The fourth-order valence-electron chi connectivity index (χ4n) is 2.34. The van der Waals surface area contributed by atoms with Crippen molar-refractivity contribution < 1.29 is 9.59 Å². The number of nitriles is 2. The predicted octanol–water partition coefficient (Wildman–Crippen LogP) is 1.62. The summed E-state index contributed by atoms with van der Waals surface area (Å²) in [4.78, 5) is 25.7. The Kier molecular flexibility index (Phi) is 6.01. The summed E-state index contributed by atoms with van der Waals surface area (Å²) in [6, 6.07) is 4.03. The monoisotopic (exact) mass is 320 g/mol. The van der Waals surface area contributed by atoms with Crippen LogP contribution in [-0.4, -0.2) is 35.6 Å². The van der Waals surface area contributed by atoms with Crippen molar-refractivity contribution in [2.24, 2.45) is 11.3 Å². The zero-order valence-electron chi connectivity index (χ0n) is 13.3. The molecular weight excluding hydrogens is 300 g/mol. The molecule has 0 aromatic rings. The van der Waals surface area contributed by atoms with Gasteiger partial charge in [0.05, 0.1) is 28.5 Å². The molecule has 0 aromatic heterocycles. The molecule has 2 amide bonds. The summed E-state index contributed by atoms with van der Waals surface area (Å²) in [5.41, 5.74) is -0.525. The minimum Gasteiger partial charge on any atom is -0.343 e. The van der Waals surface area contributed by atoms with Gasteiger partial charge in [-0.25, -0.2) is 0 Å². The number of amides is 2. The van der Waals surface area contributed by atoms with Gasteiger partial charge in [0.2, 0.25) is 11.8 Å². The normalized spacial score (nSPS) is 19.9. The number of allylic oxidation sites excluding steroid dienone is 1. The number of nitrogens with one attached hydrogen (secondary N) is 1. The van der Waals surface area contributed by atoms with Gasteiger partial charge in [0.1, 0.15) is 5.92 Å². The van der Waals surface area contributed by atoms with Crippen molar-refractivity contribution in [2.45, 2.75) is 27.7 Å². The summed E-state index contributed by atoms with van der Waals surface area (Å²) in [6.07, 6.45) is 0. The molecule has 0 radical (unpaired) electrons. The van der Waals surface area contributed by atoms with Gasteiger partial charge in [-0.05, 0) is 13.8 Å². The largest absolute Gasteiger partial charge is 0.343 e. The van der Waals surface area contributed by atoms with Crippen molar-refractivity contribution in [3.63, 3.8) is 0 Å². The van der Waals surface area contributed by atoms with E-state index in [9.17, 15) is 14.9 Å². The Morgan fingerprint density at radius 1 is 1.36 bits per heavy atom. The van der Waals surface area contributed by atoms with Gasteiger partial charge >= 0.3 is 0 Å². The van der Waals surface area contributed by atoms with Crippen LogP contribution in [0.2, 0.25) is 0 Å². The molecule has 0 saturated carbocycles. The predicted molar refractivity (Wildman–Crippen MR) is 84.1 cm³/mol. The van der Waals surface area contributed by atoms with Crippen LogP contribution in [0.1, 0.15) is 27.7 Å². The maximum Gasteiger partial charge on any atom is 0.243 e. The molecule has 7 heteroatoms. The summed E-state index contributed by atoms with van der Waals surface area (Å²) >= 11 is 1.14. The first-order chi connectivity index (χ1) is 10.3. The maximum atomic E-state index is 12.0. The molecule has 0 spiro atoms. The van der Waals surface area contributed by atoms with Crippen LogP contribution in [0.25, 0.3) is 0 Å². The van der Waals surface area contributed by atoms with Gasteiger partial charge in [-0.3, -0.25) is 9.59 Å². The van der Waals surface area contributed by atoms with Crippen molar-refractivity contribution >= 4 is 23.6 Å². The fourth-order valence-corrected chi connectivity index (χ4v) is 3.41. The molecule has 6 nitrogen and oxygen atoms in total. The van der Waals surface area contributed by atoms with Crippen LogP contribution >= 0.6 is 11.8 Å². The van der Waals surface area contributed by atoms with Crippen molar-refractivity contribution in [3.05, 3.63) is 10.6 Å². The van der Waals surface area contributed by atoms with Gasteiger partial charge in [0.15, 0.2) is 0 Å². The number of rotatable bonds is 5. The molecule has 0 fully saturated rings. The fraction of sp³-hybridized carbons (Fsp3) is 0.600. The van der Waals surface area contributed by atoms with Crippen LogP contribution in [0.3, 0.4) is 0 Å². The third-order valence-electron chi connectivity index (χ3n) is 3.79. The second-order valence-electron chi connectivity index (χ2n) is 5.44. The van der Waals surface area contributed by atoms with Crippen LogP contribution in [0.4, 0.5) is 0 Å². The SMILES string of the molecule is CCN(CC)C(=O)CSC1=C(C#N)C(C)(C)[C@@H](C#N)C(=O)N1. The minimum atomic E-state index is -0.912. The van der Waals surface area contributed by atoms with E-state index in [0.717, 1.165) is 11.8 Å². The van der Waals surface area contributed by atoms with E-state index in [1.54, 1.807) is 18.7 Å². The van der Waals surface area contributed by atoms with Crippen molar-refractivity contribution in [1.82, 2.24) is 10.2 Å². The van der Waals surface area contributed by atoms with E-state index in [4.69, 9.17) is 5.26 Å². The van der Waals surface area contributed by atoms with E-state index in [-0.39, 0.29) is 11.7 Å². The minimum absolute atomic E-state index is 0.0470. The molecule has 0 aliphatic carbocycles. The Balaban J connectivity index is 3.00. The number of hydrogen-bond donors (Lipinski definition) is 1. The lowest BCUT2D eigenvalue weighted by atomic mass is 9.72. The Morgan fingerprint density at radius 2 is 1.95 bits per heavy atom. The quantitative estimate of drug-likeness (QED) is 0.830. The molecule has 0 aromatic carbocycles. The molecule has 0 unspecified atom stereocenters. The highest BCUT2D eigenvalue weighted by atomic mass is 32.2. The van der Waals surface area contributed by atoms with E-state index in [1.165, 1.54) is 0 Å². The molecule has 22 heavy (non-hydrogen) atoms. The average molecular weight is 320 g/mol. The van der Waals surface area contributed by atoms with Gasteiger partial charge in [-0.2, -0.15) is 10.5 Å². The van der Waals surface area contributed by atoms with Crippen LogP contribution in [0.5, 0.6) is 0 Å². The molecule has 1 rings (SSSR count). The highest BCUT2D eigenvalue weighted by Gasteiger charge is 2.44. The standard InChI is InChI=1S/C15H20N4O2S/c1-5-19(6-2)12(20)9-22-14-11(8-17)15(3,4)10(7-16)13(21)18-14/h10H,5-6,9H2,1-4H3,(H,18,21)/t10-/m0/s1. The third-order valence-corrected chi connectivity index (χ3v) is 4.78. The van der Waals surface area contributed by atoms with Gasteiger partial charge < -0.3 is 10.2 Å². The molecule has 1 aliphatic heterocycles. The van der Waals surface area contributed by atoms with Gasteiger partial charge in [0, 0.05) is 18.5 Å². The molecule has 0 saturated heterocycles. The van der Waals surface area contributed by atoms with Gasteiger partial charge in [-0.1, -0.05) is 25.6 Å². The Bertz CT molecular complexity index is 579. The number of thioether (sulfide) groups is 1. The van der Waals surface area contributed by atoms with Crippen LogP contribution in [0, 0.1) is 34.0 Å². The first-order valence-corrected chi connectivity index (χ1v) is 8.07. The summed E-state index contributed by atoms with van der Waals surface area (Å²) in [5.74, 6) is -1.24. The molecule has 1 atom stereocenters. The average Bonchev–Trinajstić information content (AvgIpc) is 2.45. The summed E-state index contributed by atoms with van der Waals surface area (Å²) in [7, 11) is 0. The lowest BCUT2D eigenvalue weighted by Crippen LogP contribution is -2.44. The van der Waals surface area contributed by atoms with E-state index >= 15 is 0 Å².